The lowest BCUT2D eigenvalue weighted by Gasteiger charge is -2.26. The molecule has 2 rings (SSSR count). The maximum absolute atomic E-state index is 12.1. The molecule has 0 atom stereocenters. The van der Waals surface area contributed by atoms with Gasteiger partial charge in [-0.05, 0) is 18.8 Å². The van der Waals surface area contributed by atoms with Crippen molar-refractivity contribution in [3.8, 4) is 0 Å². The highest BCUT2D eigenvalue weighted by atomic mass is 32.2. The van der Waals surface area contributed by atoms with Crippen LogP contribution in [0.25, 0.3) is 0 Å². The molecule has 0 unspecified atom stereocenters. The van der Waals surface area contributed by atoms with Crippen LogP contribution in [0.3, 0.4) is 0 Å². The zero-order valence-electron chi connectivity index (χ0n) is 12.0. The van der Waals surface area contributed by atoms with E-state index >= 15 is 0 Å². The van der Waals surface area contributed by atoms with Gasteiger partial charge in [-0.2, -0.15) is 4.31 Å². The summed E-state index contributed by atoms with van der Waals surface area (Å²) in [5, 5.41) is 6.26. The third-order valence-corrected chi connectivity index (χ3v) is 5.37. The zero-order valence-corrected chi connectivity index (χ0v) is 12.8. The molecular formula is C12H24N4O3S. The topological polar surface area (TPSA) is 83.0 Å². The summed E-state index contributed by atoms with van der Waals surface area (Å²) in [5.41, 5.74) is 0. The van der Waals surface area contributed by atoms with Crippen molar-refractivity contribution in [3.05, 3.63) is 0 Å². The molecule has 0 spiro atoms. The summed E-state index contributed by atoms with van der Waals surface area (Å²) >= 11 is 0. The summed E-state index contributed by atoms with van der Waals surface area (Å²) < 4.78 is 30.9. The van der Waals surface area contributed by atoms with Crippen LogP contribution in [0.2, 0.25) is 0 Å². The van der Waals surface area contributed by atoms with E-state index in [1.165, 1.54) is 17.1 Å². The highest BCUT2D eigenvalue weighted by Gasteiger charge is 2.24. The van der Waals surface area contributed by atoms with E-state index in [0.29, 0.717) is 38.8 Å². The van der Waals surface area contributed by atoms with Gasteiger partial charge >= 0.3 is 0 Å². The molecule has 7 nitrogen and oxygen atoms in total. The molecule has 1 saturated carbocycles. The standard InChI is InChI=1S/C12H24N4O3S/c1-13-12(15-10-11-2-3-11)14-4-9-20(17,18)16-5-7-19-8-6-16/h11H,2-10H2,1H3,(H2,13,14,15). The van der Waals surface area contributed by atoms with Gasteiger partial charge in [-0.25, -0.2) is 8.42 Å². The van der Waals surface area contributed by atoms with Crippen LogP contribution in [-0.2, 0) is 14.8 Å². The molecule has 0 amide bonds. The Kier molecular flexibility index (Phi) is 5.62. The van der Waals surface area contributed by atoms with Crippen molar-refractivity contribution in [1.82, 2.24) is 14.9 Å². The third kappa shape index (κ3) is 4.92. The minimum absolute atomic E-state index is 0.0805. The van der Waals surface area contributed by atoms with Crippen LogP contribution >= 0.6 is 0 Å². The Morgan fingerprint density at radius 3 is 2.60 bits per heavy atom. The van der Waals surface area contributed by atoms with E-state index in [0.717, 1.165) is 12.5 Å². The fraction of sp³-hybridized carbons (Fsp3) is 0.917. The van der Waals surface area contributed by atoms with E-state index in [4.69, 9.17) is 4.74 Å². The van der Waals surface area contributed by atoms with Gasteiger partial charge in [0.05, 0.1) is 19.0 Å². The summed E-state index contributed by atoms with van der Waals surface area (Å²) in [6.07, 6.45) is 2.55. The first-order valence-corrected chi connectivity index (χ1v) is 8.73. The Balaban J connectivity index is 1.69. The summed E-state index contributed by atoms with van der Waals surface area (Å²) in [7, 11) is -1.50. The first-order valence-electron chi connectivity index (χ1n) is 7.12. The van der Waals surface area contributed by atoms with Crippen molar-refractivity contribution in [1.29, 1.82) is 0 Å². The maximum Gasteiger partial charge on any atom is 0.215 e. The minimum atomic E-state index is -3.20. The number of guanidine groups is 1. The lowest BCUT2D eigenvalue weighted by molar-refractivity contribution is 0.0730. The van der Waals surface area contributed by atoms with Gasteiger partial charge in [0.15, 0.2) is 5.96 Å². The number of ether oxygens (including phenoxy) is 1. The second-order valence-electron chi connectivity index (χ2n) is 5.15. The van der Waals surface area contributed by atoms with Crippen molar-refractivity contribution < 1.29 is 13.2 Å². The summed E-state index contributed by atoms with van der Waals surface area (Å²) in [6.45, 7) is 3.16. The monoisotopic (exact) mass is 304 g/mol. The van der Waals surface area contributed by atoms with Crippen molar-refractivity contribution in [3.63, 3.8) is 0 Å². The number of nitrogens with one attached hydrogen (secondary N) is 2. The average Bonchev–Trinajstić information content (AvgIpc) is 3.27. The van der Waals surface area contributed by atoms with Gasteiger partial charge in [0, 0.05) is 33.2 Å². The molecular weight excluding hydrogens is 280 g/mol. The van der Waals surface area contributed by atoms with Crippen LogP contribution < -0.4 is 10.6 Å². The predicted molar refractivity (Wildman–Crippen MR) is 78.3 cm³/mol. The summed E-state index contributed by atoms with van der Waals surface area (Å²) in [4.78, 5) is 4.09. The number of sulfonamides is 1. The molecule has 20 heavy (non-hydrogen) atoms. The van der Waals surface area contributed by atoms with Gasteiger partial charge in [-0.3, -0.25) is 4.99 Å². The van der Waals surface area contributed by atoms with E-state index in [2.05, 4.69) is 15.6 Å². The molecule has 1 saturated heterocycles. The second-order valence-corrected chi connectivity index (χ2v) is 7.24. The SMILES string of the molecule is CN=C(NCCS(=O)(=O)N1CCOCC1)NCC1CC1. The Morgan fingerprint density at radius 1 is 1.30 bits per heavy atom. The zero-order chi connectivity index (χ0) is 14.4. The van der Waals surface area contributed by atoms with Gasteiger partial charge in [0.25, 0.3) is 0 Å². The molecule has 0 radical (unpaired) electrons. The average molecular weight is 304 g/mol. The highest BCUT2D eigenvalue weighted by Crippen LogP contribution is 2.27. The number of nitrogens with zero attached hydrogens (tertiary/aromatic N) is 2. The molecule has 0 aromatic heterocycles. The number of hydrogen-bond donors (Lipinski definition) is 2. The Labute approximate surface area is 120 Å². The molecule has 1 aliphatic heterocycles. The van der Waals surface area contributed by atoms with Crippen molar-refractivity contribution in [2.45, 2.75) is 12.8 Å². The molecule has 2 fully saturated rings. The summed E-state index contributed by atoms with van der Waals surface area (Å²) in [5.74, 6) is 1.51. The van der Waals surface area contributed by atoms with Crippen molar-refractivity contribution >= 4 is 16.0 Å². The Bertz CT molecular complexity index is 428. The number of hydrogen-bond acceptors (Lipinski definition) is 4. The first-order chi connectivity index (χ1) is 9.62. The molecule has 8 heteroatoms. The van der Waals surface area contributed by atoms with Crippen LogP contribution in [0, 0.1) is 5.92 Å². The van der Waals surface area contributed by atoms with E-state index in [9.17, 15) is 8.42 Å². The predicted octanol–water partition coefficient (Wildman–Crippen LogP) is -0.777. The lowest BCUT2D eigenvalue weighted by Crippen LogP contribution is -2.45. The normalized spacial score (nSPS) is 21.8. The Morgan fingerprint density at radius 2 is 2.00 bits per heavy atom. The smallest absolute Gasteiger partial charge is 0.215 e. The van der Waals surface area contributed by atoms with Crippen LogP contribution in [-0.4, -0.2) is 70.9 Å². The number of rotatable bonds is 6. The minimum Gasteiger partial charge on any atom is -0.379 e. The first kappa shape index (κ1) is 15.5. The van der Waals surface area contributed by atoms with E-state index in [1.54, 1.807) is 7.05 Å². The molecule has 0 aromatic carbocycles. The van der Waals surface area contributed by atoms with Crippen molar-refractivity contribution in [2.24, 2.45) is 10.9 Å². The molecule has 0 bridgehead atoms. The quantitative estimate of drug-likeness (QED) is 0.497. The summed E-state index contributed by atoms with van der Waals surface area (Å²) in [6, 6.07) is 0. The maximum atomic E-state index is 12.1. The Hall–Kier alpha value is -0.860. The molecule has 2 N–H and O–H groups in total. The van der Waals surface area contributed by atoms with Gasteiger partial charge in [0.2, 0.25) is 10.0 Å². The fourth-order valence-electron chi connectivity index (χ4n) is 2.04. The third-order valence-electron chi connectivity index (χ3n) is 3.49. The van der Waals surface area contributed by atoms with Crippen LogP contribution in [0.5, 0.6) is 0 Å². The van der Waals surface area contributed by atoms with Gasteiger partial charge in [0.1, 0.15) is 0 Å². The van der Waals surface area contributed by atoms with Crippen LogP contribution in [0.4, 0.5) is 0 Å². The highest BCUT2D eigenvalue weighted by molar-refractivity contribution is 7.89. The van der Waals surface area contributed by atoms with E-state index in [-0.39, 0.29) is 5.75 Å². The number of aliphatic imine (C=N–C) groups is 1. The van der Waals surface area contributed by atoms with Gasteiger partial charge < -0.3 is 15.4 Å². The molecule has 116 valence electrons. The van der Waals surface area contributed by atoms with Gasteiger partial charge in [-0.15, -0.1) is 0 Å². The largest absolute Gasteiger partial charge is 0.379 e. The van der Waals surface area contributed by atoms with Crippen molar-refractivity contribution in [2.75, 3.05) is 52.2 Å². The van der Waals surface area contributed by atoms with E-state index in [1.807, 2.05) is 0 Å². The molecule has 2 aliphatic rings. The number of morpholine rings is 1. The van der Waals surface area contributed by atoms with Gasteiger partial charge in [-0.1, -0.05) is 0 Å². The van der Waals surface area contributed by atoms with Crippen LogP contribution in [0.15, 0.2) is 4.99 Å². The molecule has 0 aromatic rings. The lowest BCUT2D eigenvalue weighted by atomic mass is 10.4. The second kappa shape index (κ2) is 7.24. The molecule has 1 heterocycles. The molecule has 1 aliphatic carbocycles. The fourth-order valence-corrected chi connectivity index (χ4v) is 3.36. The van der Waals surface area contributed by atoms with E-state index < -0.39 is 10.0 Å². The van der Waals surface area contributed by atoms with Crippen LogP contribution in [0.1, 0.15) is 12.8 Å².